The Morgan fingerprint density at radius 2 is 0.824 bits per heavy atom. The Balaban J connectivity index is 1.94. The molecule has 164 valence electrons. The van der Waals surface area contributed by atoms with Crippen LogP contribution in [-0.4, -0.2) is 14.2 Å². The Labute approximate surface area is 201 Å². The highest BCUT2D eigenvalue weighted by atomic mass is 16.5. The largest absolute Gasteiger partial charge is 0.497 e. The van der Waals surface area contributed by atoms with E-state index in [9.17, 15) is 0 Å². The van der Waals surface area contributed by atoms with Crippen molar-refractivity contribution in [3.63, 3.8) is 0 Å². The molecule has 0 aliphatic carbocycles. The smallest absolute Gasteiger partial charge is 0.118 e. The second-order valence-corrected chi connectivity index (χ2v) is 7.44. The lowest BCUT2D eigenvalue weighted by Gasteiger charge is -2.09. The predicted octanol–water partition coefficient (Wildman–Crippen LogP) is 6.72. The normalized spacial score (nSPS) is 10.6. The summed E-state index contributed by atoms with van der Waals surface area (Å²) in [5, 5.41) is 0. The average molecular weight is 441 g/mol. The number of rotatable bonds is 4. The molecule has 0 heterocycles. The maximum absolute atomic E-state index is 5.36. The lowest BCUT2D eigenvalue weighted by Crippen LogP contribution is -1.92. The van der Waals surface area contributed by atoms with Crippen molar-refractivity contribution in [3.05, 3.63) is 131 Å². The van der Waals surface area contributed by atoms with E-state index in [0.717, 1.165) is 44.9 Å². The van der Waals surface area contributed by atoms with Gasteiger partial charge in [-0.15, -0.1) is 0 Å². The molecule has 0 aliphatic heterocycles. The molecule has 0 aromatic heterocycles. The van der Waals surface area contributed by atoms with Gasteiger partial charge in [0.05, 0.1) is 14.2 Å². The van der Waals surface area contributed by atoms with Crippen molar-refractivity contribution in [1.82, 2.24) is 0 Å². The topological polar surface area (TPSA) is 18.5 Å². The van der Waals surface area contributed by atoms with Gasteiger partial charge in [0.2, 0.25) is 0 Å². The SMILES string of the molecule is COc1ccc(/C(C#Cc2ccccc2)=C(\C#Cc2ccccc2)c2ccc(OC)cc2)cc1. The van der Waals surface area contributed by atoms with Crippen LogP contribution in [-0.2, 0) is 0 Å². The third-order valence-electron chi connectivity index (χ3n) is 5.22. The van der Waals surface area contributed by atoms with Gasteiger partial charge in [0, 0.05) is 22.3 Å². The van der Waals surface area contributed by atoms with Gasteiger partial charge in [-0.05, 0) is 59.7 Å². The van der Waals surface area contributed by atoms with Crippen LogP contribution in [0.15, 0.2) is 109 Å². The van der Waals surface area contributed by atoms with E-state index in [4.69, 9.17) is 9.47 Å². The zero-order valence-corrected chi connectivity index (χ0v) is 19.2. The molecule has 0 spiro atoms. The fraction of sp³-hybridized carbons (Fsp3) is 0.0625. The minimum atomic E-state index is 0.792. The van der Waals surface area contributed by atoms with Crippen molar-refractivity contribution in [1.29, 1.82) is 0 Å². The molecule has 0 bridgehead atoms. The van der Waals surface area contributed by atoms with Crippen molar-refractivity contribution in [2.45, 2.75) is 0 Å². The van der Waals surface area contributed by atoms with Crippen LogP contribution in [0.1, 0.15) is 22.3 Å². The molecule has 2 nitrogen and oxygen atoms in total. The summed E-state index contributed by atoms with van der Waals surface area (Å²) in [4.78, 5) is 0. The van der Waals surface area contributed by atoms with Crippen molar-refractivity contribution in [3.8, 4) is 35.2 Å². The van der Waals surface area contributed by atoms with Gasteiger partial charge in [-0.25, -0.2) is 0 Å². The summed E-state index contributed by atoms with van der Waals surface area (Å²) in [6, 6.07) is 35.7. The van der Waals surface area contributed by atoms with E-state index in [1.54, 1.807) is 14.2 Å². The molecule has 0 atom stereocenters. The van der Waals surface area contributed by atoms with Crippen molar-refractivity contribution >= 4 is 11.1 Å². The Morgan fingerprint density at radius 3 is 1.15 bits per heavy atom. The fourth-order valence-corrected chi connectivity index (χ4v) is 3.39. The summed E-state index contributed by atoms with van der Waals surface area (Å²) < 4.78 is 10.7. The number of methoxy groups -OCH3 is 2. The molecule has 4 aromatic rings. The molecular formula is C32H24O2. The van der Waals surface area contributed by atoms with Gasteiger partial charge in [0.15, 0.2) is 0 Å². The Hall–Kier alpha value is -4.66. The van der Waals surface area contributed by atoms with Gasteiger partial charge in [-0.2, -0.15) is 0 Å². The van der Waals surface area contributed by atoms with Gasteiger partial charge in [0.1, 0.15) is 11.5 Å². The summed E-state index contributed by atoms with van der Waals surface area (Å²) in [5.41, 5.74) is 5.52. The molecule has 0 radical (unpaired) electrons. The molecule has 0 N–H and O–H groups in total. The first-order valence-corrected chi connectivity index (χ1v) is 10.9. The van der Waals surface area contributed by atoms with Gasteiger partial charge in [0.25, 0.3) is 0 Å². The maximum Gasteiger partial charge on any atom is 0.118 e. The van der Waals surface area contributed by atoms with Gasteiger partial charge in [-0.1, -0.05) is 84.3 Å². The predicted molar refractivity (Wildman–Crippen MR) is 139 cm³/mol. The van der Waals surface area contributed by atoms with Crippen LogP contribution in [0.4, 0.5) is 0 Å². The highest BCUT2D eigenvalue weighted by Crippen LogP contribution is 2.28. The molecular weight excluding hydrogens is 416 g/mol. The summed E-state index contributed by atoms with van der Waals surface area (Å²) in [7, 11) is 3.32. The van der Waals surface area contributed by atoms with Gasteiger partial charge < -0.3 is 9.47 Å². The molecule has 0 saturated heterocycles. The molecule has 34 heavy (non-hydrogen) atoms. The van der Waals surface area contributed by atoms with E-state index in [2.05, 4.69) is 23.7 Å². The van der Waals surface area contributed by atoms with Crippen LogP contribution >= 0.6 is 0 Å². The zero-order valence-electron chi connectivity index (χ0n) is 19.2. The molecule has 4 aromatic carbocycles. The fourth-order valence-electron chi connectivity index (χ4n) is 3.39. The Kier molecular flexibility index (Phi) is 7.47. The molecule has 0 amide bonds. The number of benzene rings is 4. The van der Waals surface area contributed by atoms with Crippen LogP contribution in [0.5, 0.6) is 11.5 Å². The number of hydrogen-bond acceptors (Lipinski definition) is 2. The maximum atomic E-state index is 5.36. The molecule has 0 saturated carbocycles. The quantitative estimate of drug-likeness (QED) is 0.259. The summed E-state index contributed by atoms with van der Waals surface area (Å²) in [6.07, 6.45) is 0. The van der Waals surface area contributed by atoms with Crippen LogP contribution < -0.4 is 9.47 Å². The Bertz CT molecular complexity index is 1260. The lowest BCUT2D eigenvalue weighted by molar-refractivity contribution is 0.414. The van der Waals surface area contributed by atoms with E-state index >= 15 is 0 Å². The molecule has 4 rings (SSSR count). The van der Waals surface area contributed by atoms with E-state index < -0.39 is 0 Å². The van der Waals surface area contributed by atoms with E-state index in [1.165, 1.54) is 0 Å². The first kappa shape index (κ1) is 22.5. The van der Waals surface area contributed by atoms with E-state index in [1.807, 2.05) is 109 Å². The zero-order chi connectivity index (χ0) is 23.6. The number of allylic oxidation sites excluding steroid dienone is 2. The monoisotopic (exact) mass is 440 g/mol. The lowest BCUT2D eigenvalue weighted by atomic mass is 9.94. The summed E-state index contributed by atoms with van der Waals surface area (Å²) >= 11 is 0. The van der Waals surface area contributed by atoms with Gasteiger partial charge in [-0.3, -0.25) is 0 Å². The summed E-state index contributed by atoms with van der Waals surface area (Å²) in [6.45, 7) is 0. The second-order valence-electron chi connectivity index (χ2n) is 7.44. The number of ether oxygens (including phenoxy) is 2. The highest BCUT2D eigenvalue weighted by molar-refractivity contribution is 6.04. The first-order valence-electron chi connectivity index (χ1n) is 10.9. The minimum absolute atomic E-state index is 0.792. The van der Waals surface area contributed by atoms with Gasteiger partial charge >= 0.3 is 0 Å². The van der Waals surface area contributed by atoms with Crippen LogP contribution in [0.3, 0.4) is 0 Å². The molecule has 0 aliphatic rings. The van der Waals surface area contributed by atoms with E-state index in [0.29, 0.717) is 0 Å². The van der Waals surface area contributed by atoms with Crippen LogP contribution in [0, 0.1) is 23.7 Å². The Morgan fingerprint density at radius 1 is 0.471 bits per heavy atom. The first-order chi connectivity index (χ1) is 16.8. The standard InChI is InChI=1S/C32H24O2/c1-33-29-19-15-27(16-20-29)31(23-13-25-9-5-3-6-10-25)32(24-14-26-11-7-4-8-12-26)28-17-21-30(34-2)22-18-28/h3-12,15-22H,1-2H3/b32-31+. The van der Waals surface area contributed by atoms with Crippen molar-refractivity contribution < 1.29 is 9.47 Å². The highest BCUT2D eigenvalue weighted by Gasteiger charge is 2.10. The minimum Gasteiger partial charge on any atom is -0.497 e. The van der Waals surface area contributed by atoms with Crippen molar-refractivity contribution in [2.24, 2.45) is 0 Å². The second kappa shape index (κ2) is 11.3. The van der Waals surface area contributed by atoms with E-state index in [-0.39, 0.29) is 0 Å². The van der Waals surface area contributed by atoms with Crippen LogP contribution in [0.25, 0.3) is 11.1 Å². The number of hydrogen-bond donors (Lipinski definition) is 0. The summed E-state index contributed by atoms with van der Waals surface area (Å²) in [5.74, 6) is 15.0. The third-order valence-corrected chi connectivity index (χ3v) is 5.22. The van der Waals surface area contributed by atoms with Crippen molar-refractivity contribution in [2.75, 3.05) is 14.2 Å². The molecule has 0 unspecified atom stereocenters. The molecule has 0 fully saturated rings. The molecule has 2 heteroatoms. The van der Waals surface area contributed by atoms with Crippen LogP contribution in [0.2, 0.25) is 0 Å². The average Bonchev–Trinajstić information content (AvgIpc) is 2.92. The third kappa shape index (κ3) is 5.77.